The maximum Gasteiger partial charge on any atom is 0.419 e. The van der Waals surface area contributed by atoms with Gasteiger partial charge in [-0.3, -0.25) is 14.9 Å². The Labute approximate surface area is 243 Å². The summed E-state index contributed by atoms with van der Waals surface area (Å²) < 4.78 is 5.69. The molecule has 0 fully saturated rings. The van der Waals surface area contributed by atoms with E-state index in [1.54, 1.807) is 0 Å². The molecule has 0 aromatic heterocycles. The van der Waals surface area contributed by atoms with Gasteiger partial charge in [-0.2, -0.15) is 5.10 Å². The molecule has 0 bridgehead atoms. The molecule has 4 aromatic rings. The molecule has 1 atom stereocenters. The van der Waals surface area contributed by atoms with Crippen molar-refractivity contribution in [1.82, 2.24) is 5.01 Å². The fourth-order valence-corrected chi connectivity index (χ4v) is 4.71. The number of hydrazone groups is 1. The second-order valence-corrected chi connectivity index (χ2v) is 10.8. The van der Waals surface area contributed by atoms with Crippen molar-refractivity contribution in [3.8, 4) is 0 Å². The monoisotopic (exact) mass is 562 g/mol. The van der Waals surface area contributed by atoms with Gasteiger partial charge < -0.3 is 4.74 Å². The summed E-state index contributed by atoms with van der Waals surface area (Å²) in [6.07, 6.45) is -0.0278. The van der Waals surface area contributed by atoms with Gasteiger partial charge in [0.25, 0.3) is 11.6 Å². The highest BCUT2D eigenvalue weighted by Crippen LogP contribution is 2.35. The molecule has 0 saturated carbocycles. The Hall–Kier alpha value is -5.31. The quantitative estimate of drug-likeness (QED) is 0.177. The molecule has 9 nitrogen and oxygen atoms in total. The summed E-state index contributed by atoms with van der Waals surface area (Å²) in [5.74, 6) is -0.356. The van der Waals surface area contributed by atoms with Crippen LogP contribution in [0.5, 0.6) is 0 Å². The van der Waals surface area contributed by atoms with Gasteiger partial charge in [-0.1, -0.05) is 60.7 Å². The second kappa shape index (κ2) is 11.7. The van der Waals surface area contributed by atoms with Crippen LogP contribution in [0.2, 0.25) is 0 Å². The van der Waals surface area contributed by atoms with Gasteiger partial charge in [0.1, 0.15) is 5.60 Å². The van der Waals surface area contributed by atoms with E-state index in [1.807, 2.05) is 106 Å². The average molecular weight is 563 g/mol. The lowest BCUT2D eigenvalue weighted by atomic mass is 9.98. The number of carbonyl (C=O) groups is 2. The van der Waals surface area contributed by atoms with E-state index < -0.39 is 16.6 Å². The third-order valence-corrected chi connectivity index (χ3v) is 6.68. The zero-order valence-corrected chi connectivity index (χ0v) is 23.5. The van der Waals surface area contributed by atoms with Gasteiger partial charge in [-0.15, -0.1) is 0 Å². The minimum atomic E-state index is -0.672. The van der Waals surface area contributed by atoms with Crippen LogP contribution >= 0.6 is 0 Å². The smallest absolute Gasteiger partial charge is 0.419 e. The predicted molar refractivity (Wildman–Crippen MR) is 161 cm³/mol. The first-order chi connectivity index (χ1) is 20.1. The van der Waals surface area contributed by atoms with Gasteiger partial charge in [0, 0.05) is 24.1 Å². The zero-order valence-electron chi connectivity index (χ0n) is 23.5. The number of hydrogen-bond donors (Lipinski definition) is 0. The second-order valence-electron chi connectivity index (χ2n) is 10.8. The van der Waals surface area contributed by atoms with Crippen molar-refractivity contribution in [1.29, 1.82) is 0 Å². The van der Waals surface area contributed by atoms with Crippen LogP contribution in [0.15, 0.2) is 114 Å². The van der Waals surface area contributed by atoms with Crippen molar-refractivity contribution >= 4 is 34.8 Å². The SMILES string of the molecule is CC(C)(C)OC(=O)N(c1ccccc1)c1ccc(C2=NN(C(=O)c3ccc([N+](=O)[O-])cc3)C(c3ccccc3)C2)cc1. The van der Waals surface area contributed by atoms with Crippen LogP contribution in [0.4, 0.5) is 21.9 Å². The molecule has 0 spiro atoms. The molecule has 4 aromatic carbocycles. The molecule has 0 saturated heterocycles. The summed E-state index contributed by atoms with van der Waals surface area (Å²) in [5.41, 5.74) is 3.26. The lowest BCUT2D eigenvalue weighted by molar-refractivity contribution is -0.384. The maximum atomic E-state index is 13.6. The number of nitrogens with zero attached hydrogens (tertiary/aromatic N) is 4. The number of benzene rings is 4. The first kappa shape index (κ1) is 28.2. The molecule has 2 amide bonds. The van der Waals surface area contributed by atoms with Crippen LogP contribution in [-0.4, -0.2) is 33.2 Å². The molecule has 1 aliphatic rings. The van der Waals surface area contributed by atoms with E-state index in [4.69, 9.17) is 9.84 Å². The number of para-hydroxylation sites is 1. The molecule has 0 radical (unpaired) electrons. The topological polar surface area (TPSA) is 105 Å². The highest BCUT2D eigenvalue weighted by Gasteiger charge is 2.34. The van der Waals surface area contributed by atoms with Gasteiger partial charge in [0.05, 0.1) is 28.1 Å². The predicted octanol–water partition coefficient (Wildman–Crippen LogP) is 7.66. The molecule has 9 heteroatoms. The van der Waals surface area contributed by atoms with Crippen molar-refractivity contribution in [2.24, 2.45) is 5.10 Å². The Kier molecular flexibility index (Phi) is 7.84. The third-order valence-electron chi connectivity index (χ3n) is 6.68. The normalized spacial score (nSPS) is 14.7. The standard InChI is InChI=1S/C33H30N4O5/c1-33(2,3)42-32(39)35(26-12-8-5-9-13-26)27-18-14-23(15-19-27)29-22-30(24-10-6-4-7-11-24)36(34-29)31(38)25-16-20-28(21-17-25)37(40)41/h4-21,30H,22H2,1-3H3. The van der Waals surface area contributed by atoms with Gasteiger partial charge in [0.15, 0.2) is 0 Å². The summed E-state index contributed by atoms with van der Waals surface area (Å²) >= 11 is 0. The number of amides is 2. The van der Waals surface area contributed by atoms with Crippen LogP contribution in [0, 0.1) is 10.1 Å². The third kappa shape index (κ3) is 6.20. The molecular formula is C33H30N4O5. The van der Waals surface area contributed by atoms with Gasteiger partial charge in [0.2, 0.25) is 0 Å². The van der Waals surface area contributed by atoms with E-state index in [2.05, 4.69) is 0 Å². The highest BCUT2D eigenvalue weighted by atomic mass is 16.6. The van der Waals surface area contributed by atoms with Crippen molar-refractivity contribution in [3.63, 3.8) is 0 Å². The fraction of sp³-hybridized carbons (Fsp3) is 0.182. The number of rotatable bonds is 6. The average Bonchev–Trinajstić information content (AvgIpc) is 3.43. The summed E-state index contributed by atoms with van der Waals surface area (Å²) in [7, 11) is 0. The molecule has 1 heterocycles. The van der Waals surface area contributed by atoms with Crippen molar-refractivity contribution in [2.45, 2.75) is 38.8 Å². The number of hydrogen-bond acceptors (Lipinski definition) is 6. The lowest BCUT2D eigenvalue weighted by Gasteiger charge is -2.27. The van der Waals surface area contributed by atoms with E-state index in [-0.39, 0.29) is 17.6 Å². The summed E-state index contributed by atoms with van der Waals surface area (Å²) in [6.45, 7) is 5.47. The molecule has 42 heavy (non-hydrogen) atoms. The van der Waals surface area contributed by atoms with Gasteiger partial charge in [-0.25, -0.2) is 14.7 Å². The number of carbonyl (C=O) groups excluding carboxylic acids is 2. The number of non-ortho nitro benzene ring substituents is 1. The Morgan fingerprint density at radius 2 is 1.43 bits per heavy atom. The Morgan fingerprint density at radius 3 is 2.00 bits per heavy atom. The Balaban J connectivity index is 1.46. The van der Waals surface area contributed by atoms with Gasteiger partial charge in [-0.05, 0) is 68.3 Å². The van der Waals surface area contributed by atoms with E-state index in [0.717, 1.165) is 11.1 Å². The van der Waals surface area contributed by atoms with Crippen LogP contribution in [0.1, 0.15) is 54.7 Å². The molecule has 0 aliphatic carbocycles. The van der Waals surface area contributed by atoms with Crippen molar-refractivity contribution in [2.75, 3.05) is 4.90 Å². The number of anilines is 2. The van der Waals surface area contributed by atoms with Crippen LogP contribution in [0.3, 0.4) is 0 Å². The van der Waals surface area contributed by atoms with Crippen LogP contribution < -0.4 is 4.90 Å². The highest BCUT2D eigenvalue weighted by molar-refractivity contribution is 6.05. The first-order valence-corrected chi connectivity index (χ1v) is 13.5. The minimum absolute atomic E-state index is 0.0900. The molecule has 212 valence electrons. The largest absolute Gasteiger partial charge is 0.443 e. The summed E-state index contributed by atoms with van der Waals surface area (Å²) in [6, 6.07) is 31.4. The fourth-order valence-electron chi connectivity index (χ4n) is 4.71. The summed E-state index contributed by atoms with van der Waals surface area (Å²) in [4.78, 5) is 38.9. The molecule has 1 unspecified atom stereocenters. The molecule has 1 aliphatic heterocycles. The summed E-state index contributed by atoms with van der Waals surface area (Å²) in [5, 5.41) is 17.2. The van der Waals surface area contributed by atoms with E-state index in [1.165, 1.54) is 34.2 Å². The number of nitro benzene ring substituents is 1. The Bertz CT molecular complexity index is 1610. The molecular weight excluding hydrogens is 532 g/mol. The minimum Gasteiger partial charge on any atom is -0.443 e. The van der Waals surface area contributed by atoms with Gasteiger partial charge >= 0.3 is 6.09 Å². The van der Waals surface area contributed by atoms with E-state index in [0.29, 0.717) is 29.1 Å². The molecule has 5 rings (SSSR count). The van der Waals surface area contributed by atoms with Crippen molar-refractivity contribution < 1.29 is 19.2 Å². The Morgan fingerprint density at radius 1 is 0.857 bits per heavy atom. The van der Waals surface area contributed by atoms with Crippen molar-refractivity contribution in [3.05, 3.63) is 136 Å². The van der Waals surface area contributed by atoms with Crippen LogP contribution in [-0.2, 0) is 4.74 Å². The number of ether oxygens (including phenoxy) is 1. The lowest BCUT2D eigenvalue weighted by Crippen LogP contribution is -2.33. The van der Waals surface area contributed by atoms with E-state index >= 15 is 0 Å². The van der Waals surface area contributed by atoms with Crippen LogP contribution in [0.25, 0.3) is 0 Å². The van der Waals surface area contributed by atoms with E-state index in [9.17, 15) is 19.7 Å². The maximum absolute atomic E-state index is 13.6. The first-order valence-electron chi connectivity index (χ1n) is 13.5. The zero-order chi connectivity index (χ0) is 29.9. The number of nitro groups is 1. The molecule has 0 N–H and O–H groups in total.